The first-order chi connectivity index (χ1) is 3.46. The van der Waals surface area contributed by atoms with Crippen LogP contribution in [0.4, 0.5) is 9.59 Å². The van der Waals surface area contributed by atoms with Crippen LogP contribution in [0.2, 0.25) is 0 Å². The van der Waals surface area contributed by atoms with Gasteiger partial charge in [0.05, 0.1) is 0 Å². The van der Waals surface area contributed by atoms with Crippen molar-refractivity contribution < 1.29 is 64.2 Å². The average Bonchev–Trinajstić information content (AvgIpc) is 1.25. The number of carbonyl (C=O) groups is 2. The van der Waals surface area contributed by atoms with Gasteiger partial charge >= 0.3 is 34.1 Å². The van der Waals surface area contributed by atoms with Crippen molar-refractivity contribution in [3.05, 3.63) is 0 Å². The summed E-state index contributed by atoms with van der Waals surface area (Å²) in [7, 11) is 0. The van der Waals surface area contributed by atoms with Crippen molar-refractivity contribution >= 4 is 12.3 Å². The Morgan fingerprint density at radius 1 is 0.700 bits per heavy atom. The van der Waals surface area contributed by atoms with Gasteiger partial charge in [0.25, 0.3) is 0 Å². The van der Waals surface area contributed by atoms with Gasteiger partial charge in [-0.1, -0.05) is 0 Å². The van der Waals surface area contributed by atoms with Crippen molar-refractivity contribution in [3.63, 3.8) is 0 Å². The molecule has 0 aromatic heterocycles. The summed E-state index contributed by atoms with van der Waals surface area (Å²) in [6.07, 6.45) is -4.67. The molecule has 0 aromatic rings. The molecular formula is C2Mn2O6. The van der Waals surface area contributed by atoms with Crippen molar-refractivity contribution in [1.29, 1.82) is 0 Å². The number of hydrogen-bond donors (Lipinski definition) is 0. The molecule has 8 heteroatoms. The molecule has 6 nitrogen and oxygen atoms in total. The summed E-state index contributed by atoms with van der Waals surface area (Å²) in [5, 5.41) is 33.3. The minimum absolute atomic E-state index is 0. The average molecular weight is 230 g/mol. The Balaban J connectivity index is -0.0000000300. The van der Waals surface area contributed by atoms with E-state index in [1.807, 2.05) is 0 Å². The van der Waals surface area contributed by atoms with Crippen molar-refractivity contribution in [1.82, 2.24) is 0 Å². The molecule has 0 aromatic carbocycles. The molecule has 0 aliphatic heterocycles. The minimum atomic E-state index is -2.33. The molecule has 0 fully saturated rings. The fourth-order valence-electron chi connectivity index (χ4n) is 0. The van der Waals surface area contributed by atoms with Gasteiger partial charge in [-0.2, -0.15) is 0 Å². The molecule has 0 bridgehead atoms. The summed E-state index contributed by atoms with van der Waals surface area (Å²) in [6, 6.07) is 0. The predicted molar refractivity (Wildman–Crippen MR) is 10.8 cm³/mol. The topological polar surface area (TPSA) is 126 Å². The van der Waals surface area contributed by atoms with Crippen molar-refractivity contribution in [2.24, 2.45) is 0 Å². The molecule has 0 aliphatic rings. The van der Waals surface area contributed by atoms with Crippen LogP contribution in [0, 0.1) is 0 Å². The molecule has 0 N–H and O–H groups in total. The fourth-order valence-corrected chi connectivity index (χ4v) is 0. The number of carbonyl (C=O) groups excluding carboxylic acids is 2. The smallest absolute Gasteiger partial charge is 0.652 e. The van der Waals surface area contributed by atoms with Crippen LogP contribution in [-0.4, -0.2) is 12.3 Å². The zero-order valence-electron chi connectivity index (χ0n) is 4.21. The first kappa shape index (κ1) is 22.7. The Morgan fingerprint density at radius 2 is 0.700 bits per heavy atom. The maximum absolute atomic E-state index is 8.33. The van der Waals surface area contributed by atoms with E-state index in [0.29, 0.717) is 0 Å². The van der Waals surface area contributed by atoms with Gasteiger partial charge in [0.1, 0.15) is 0 Å². The first-order valence-corrected chi connectivity index (χ1v) is 1.22. The van der Waals surface area contributed by atoms with Gasteiger partial charge in [0.15, 0.2) is 0 Å². The van der Waals surface area contributed by atoms with E-state index in [0.717, 1.165) is 0 Å². The quantitative estimate of drug-likeness (QED) is 0.383. The SMILES string of the molecule is O=C([O-])[O-].O=C([O-])[O-].[Mn+2].[Mn+2]. The van der Waals surface area contributed by atoms with Crippen LogP contribution in [-0.2, 0) is 34.1 Å². The summed E-state index contributed by atoms with van der Waals surface area (Å²) < 4.78 is 0. The molecule has 0 heterocycles. The number of carboxylic acid groups (broad SMARTS) is 4. The van der Waals surface area contributed by atoms with E-state index >= 15 is 0 Å². The Labute approximate surface area is 76.8 Å². The van der Waals surface area contributed by atoms with E-state index in [4.69, 9.17) is 30.0 Å². The summed E-state index contributed by atoms with van der Waals surface area (Å²) in [5.74, 6) is 0. The third-order valence-corrected chi connectivity index (χ3v) is 0. The van der Waals surface area contributed by atoms with Gasteiger partial charge in [-0.15, -0.1) is 0 Å². The van der Waals surface area contributed by atoms with E-state index in [1.165, 1.54) is 0 Å². The second kappa shape index (κ2) is 15.8. The molecule has 58 valence electrons. The molecular weight excluding hydrogens is 230 g/mol. The Hall–Kier alpha value is -0.421. The monoisotopic (exact) mass is 230 g/mol. The van der Waals surface area contributed by atoms with Gasteiger partial charge in [0, 0.05) is 0 Å². The molecule has 0 saturated heterocycles. The maximum Gasteiger partial charge on any atom is 2.00 e. The van der Waals surface area contributed by atoms with Crippen LogP contribution in [0.3, 0.4) is 0 Å². The van der Waals surface area contributed by atoms with E-state index in [-0.39, 0.29) is 34.1 Å². The van der Waals surface area contributed by atoms with Crippen LogP contribution in [0.25, 0.3) is 0 Å². The third kappa shape index (κ3) is 1850. The van der Waals surface area contributed by atoms with Crippen LogP contribution in [0.15, 0.2) is 0 Å². The number of rotatable bonds is 0. The minimum Gasteiger partial charge on any atom is -0.652 e. The van der Waals surface area contributed by atoms with E-state index in [2.05, 4.69) is 0 Å². The molecule has 0 atom stereocenters. The number of hydrogen-bond acceptors (Lipinski definition) is 6. The van der Waals surface area contributed by atoms with Gasteiger partial charge in [-0.25, -0.2) is 0 Å². The molecule has 0 unspecified atom stereocenters. The summed E-state index contributed by atoms with van der Waals surface area (Å²) >= 11 is 0. The standard InChI is InChI=1S/2CH2O3.2Mn/c2*2-1(3)4;;/h2*(H2,2,3,4);;/q;;2*+2/p-4. The van der Waals surface area contributed by atoms with Gasteiger partial charge in [0.2, 0.25) is 0 Å². The zero-order chi connectivity index (χ0) is 7.15. The van der Waals surface area contributed by atoms with Gasteiger partial charge < -0.3 is 30.0 Å². The molecule has 0 aliphatic carbocycles. The Morgan fingerprint density at radius 3 is 0.700 bits per heavy atom. The van der Waals surface area contributed by atoms with Crippen molar-refractivity contribution in [2.45, 2.75) is 0 Å². The molecule has 0 amide bonds. The summed E-state index contributed by atoms with van der Waals surface area (Å²) in [5.41, 5.74) is 0. The summed E-state index contributed by atoms with van der Waals surface area (Å²) in [4.78, 5) is 16.7. The fraction of sp³-hybridized carbons (Fsp3) is 0. The zero-order valence-corrected chi connectivity index (χ0v) is 6.57. The van der Waals surface area contributed by atoms with E-state index in [9.17, 15) is 0 Å². The predicted octanol–water partition coefficient (Wildman–Crippen LogP) is -4.90. The van der Waals surface area contributed by atoms with Crippen LogP contribution in [0.1, 0.15) is 0 Å². The van der Waals surface area contributed by atoms with E-state index < -0.39 is 12.3 Å². The van der Waals surface area contributed by atoms with E-state index in [1.54, 1.807) is 0 Å². The molecule has 0 rings (SSSR count). The molecule has 0 saturated carbocycles. The van der Waals surface area contributed by atoms with Crippen molar-refractivity contribution in [2.75, 3.05) is 0 Å². The van der Waals surface area contributed by atoms with Crippen molar-refractivity contribution in [3.8, 4) is 0 Å². The molecule has 10 heavy (non-hydrogen) atoms. The normalized spacial score (nSPS) is 4.80. The Bertz CT molecular complexity index is 71.7. The van der Waals surface area contributed by atoms with Crippen LogP contribution in [0.5, 0.6) is 0 Å². The summed E-state index contributed by atoms with van der Waals surface area (Å²) in [6.45, 7) is 0. The second-order valence-electron chi connectivity index (χ2n) is 0.500. The van der Waals surface area contributed by atoms with Gasteiger partial charge in [-0.05, 0) is 12.3 Å². The second-order valence-corrected chi connectivity index (χ2v) is 0.500. The largest absolute Gasteiger partial charge is 2.00 e. The maximum atomic E-state index is 8.33. The van der Waals surface area contributed by atoms with Gasteiger partial charge in [-0.3, -0.25) is 0 Å². The third-order valence-electron chi connectivity index (χ3n) is 0. The molecule has 0 spiro atoms. The Kier molecular flexibility index (Phi) is 35.9. The molecule has 2 radical (unpaired) electrons. The van der Waals surface area contributed by atoms with Crippen LogP contribution < -0.4 is 20.4 Å². The first-order valence-electron chi connectivity index (χ1n) is 1.22. The van der Waals surface area contributed by atoms with Crippen LogP contribution >= 0.6 is 0 Å².